The normalized spacial score (nSPS) is 23.1. The van der Waals surface area contributed by atoms with Crippen LogP contribution in [0.5, 0.6) is 0 Å². The molecule has 0 saturated heterocycles. The number of benzene rings is 1. The van der Waals surface area contributed by atoms with Crippen LogP contribution in [0.25, 0.3) is 0 Å². The van der Waals surface area contributed by atoms with E-state index in [-0.39, 0.29) is 11.7 Å². The van der Waals surface area contributed by atoms with E-state index in [2.05, 4.69) is 5.32 Å². The molecule has 0 atom stereocenters. The Balaban J connectivity index is 1.76. The lowest BCUT2D eigenvalue weighted by atomic mass is 9.75. The lowest BCUT2D eigenvalue weighted by molar-refractivity contribution is -0.117. The molecule has 0 heterocycles. The number of primary amides is 1. The van der Waals surface area contributed by atoms with Crippen molar-refractivity contribution >= 4 is 5.91 Å². The molecule has 0 bridgehead atoms. The first-order chi connectivity index (χ1) is 8.16. The van der Waals surface area contributed by atoms with Crippen LogP contribution in [0, 0.1) is 5.82 Å². The number of nitrogens with two attached hydrogens (primary N) is 1. The Hall–Kier alpha value is -1.42. The van der Waals surface area contributed by atoms with Crippen molar-refractivity contribution in [2.45, 2.75) is 31.2 Å². The van der Waals surface area contributed by atoms with Crippen molar-refractivity contribution < 1.29 is 9.18 Å². The summed E-state index contributed by atoms with van der Waals surface area (Å²) in [6.45, 7) is 0.615. The second-order valence-corrected chi connectivity index (χ2v) is 4.56. The minimum atomic E-state index is -0.289. The van der Waals surface area contributed by atoms with E-state index in [1.165, 1.54) is 6.07 Å². The van der Waals surface area contributed by atoms with Crippen LogP contribution in [0.15, 0.2) is 24.3 Å². The molecule has 0 aliphatic heterocycles. The Labute approximate surface area is 100 Å². The molecule has 4 heteroatoms. The highest BCUT2D eigenvalue weighted by atomic mass is 19.1. The highest BCUT2D eigenvalue weighted by Gasteiger charge is 2.31. The Morgan fingerprint density at radius 1 is 1.41 bits per heavy atom. The van der Waals surface area contributed by atoms with Crippen LogP contribution < -0.4 is 11.1 Å². The van der Waals surface area contributed by atoms with Gasteiger partial charge in [-0.15, -0.1) is 0 Å². The van der Waals surface area contributed by atoms with E-state index in [1.807, 2.05) is 12.1 Å². The van der Waals surface area contributed by atoms with Gasteiger partial charge < -0.3 is 11.1 Å². The number of carbonyl (C=O) groups excluding carboxylic acids is 1. The van der Waals surface area contributed by atoms with Crippen molar-refractivity contribution in [1.29, 1.82) is 0 Å². The van der Waals surface area contributed by atoms with Gasteiger partial charge in [-0.25, -0.2) is 4.39 Å². The molecule has 17 heavy (non-hydrogen) atoms. The van der Waals surface area contributed by atoms with Crippen molar-refractivity contribution in [3.05, 3.63) is 35.6 Å². The quantitative estimate of drug-likeness (QED) is 0.814. The van der Waals surface area contributed by atoms with E-state index in [4.69, 9.17) is 5.73 Å². The minimum absolute atomic E-state index is 0.118. The van der Waals surface area contributed by atoms with Gasteiger partial charge in [-0.1, -0.05) is 18.2 Å². The third-order valence-electron chi connectivity index (χ3n) is 3.29. The summed E-state index contributed by atoms with van der Waals surface area (Å²) in [5, 5.41) is 3.25. The minimum Gasteiger partial charge on any atom is -0.370 e. The van der Waals surface area contributed by atoms with E-state index in [9.17, 15) is 9.18 Å². The van der Waals surface area contributed by atoms with Crippen LogP contribution in [0.1, 0.15) is 30.7 Å². The van der Waals surface area contributed by atoms with Gasteiger partial charge in [0.2, 0.25) is 5.91 Å². The smallest absolute Gasteiger partial charge is 0.218 e. The summed E-state index contributed by atoms with van der Waals surface area (Å²) < 4.78 is 13.5. The fourth-order valence-corrected chi connectivity index (χ4v) is 2.24. The van der Waals surface area contributed by atoms with E-state index >= 15 is 0 Å². The van der Waals surface area contributed by atoms with Gasteiger partial charge in [0, 0.05) is 19.0 Å². The maximum Gasteiger partial charge on any atom is 0.218 e. The zero-order valence-electron chi connectivity index (χ0n) is 9.66. The third-order valence-corrected chi connectivity index (χ3v) is 3.29. The molecule has 1 aromatic rings. The van der Waals surface area contributed by atoms with Crippen LogP contribution in [0.2, 0.25) is 0 Å². The van der Waals surface area contributed by atoms with Crippen molar-refractivity contribution in [2.75, 3.05) is 6.54 Å². The Morgan fingerprint density at radius 3 is 2.76 bits per heavy atom. The molecule has 0 radical (unpaired) electrons. The van der Waals surface area contributed by atoms with Gasteiger partial charge in [-0.3, -0.25) is 4.79 Å². The van der Waals surface area contributed by atoms with Crippen molar-refractivity contribution in [2.24, 2.45) is 5.73 Å². The number of carbonyl (C=O) groups is 1. The maximum atomic E-state index is 13.5. The molecular weight excluding hydrogens is 219 g/mol. The number of halogens is 1. The van der Waals surface area contributed by atoms with E-state index in [0.29, 0.717) is 24.9 Å². The average Bonchev–Trinajstić information content (AvgIpc) is 2.23. The maximum absolute atomic E-state index is 13.5. The number of rotatable bonds is 5. The number of nitrogens with one attached hydrogen (secondary N) is 1. The third kappa shape index (κ3) is 3.03. The number of amides is 1. The van der Waals surface area contributed by atoms with E-state index in [0.717, 1.165) is 18.4 Å². The topological polar surface area (TPSA) is 55.1 Å². The van der Waals surface area contributed by atoms with E-state index < -0.39 is 0 Å². The molecule has 1 aliphatic carbocycles. The molecule has 92 valence electrons. The first kappa shape index (κ1) is 12.0. The summed E-state index contributed by atoms with van der Waals surface area (Å²) in [5.74, 6) is -0.0992. The molecule has 1 fully saturated rings. The molecule has 1 aromatic carbocycles. The first-order valence-corrected chi connectivity index (χ1v) is 5.93. The van der Waals surface area contributed by atoms with Gasteiger partial charge in [-0.2, -0.15) is 0 Å². The highest BCUT2D eigenvalue weighted by molar-refractivity contribution is 5.73. The van der Waals surface area contributed by atoms with Crippen molar-refractivity contribution in [3.8, 4) is 0 Å². The second-order valence-electron chi connectivity index (χ2n) is 4.56. The summed E-state index contributed by atoms with van der Waals surface area (Å²) in [5.41, 5.74) is 5.85. The van der Waals surface area contributed by atoms with Crippen LogP contribution in [-0.2, 0) is 4.79 Å². The Kier molecular flexibility index (Phi) is 3.74. The number of hydrogen-bond acceptors (Lipinski definition) is 2. The fourth-order valence-electron chi connectivity index (χ4n) is 2.24. The Bertz CT molecular complexity index is 402. The summed E-state index contributed by atoms with van der Waals surface area (Å²) >= 11 is 0. The van der Waals surface area contributed by atoms with Crippen molar-refractivity contribution in [1.82, 2.24) is 5.32 Å². The van der Waals surface area contributed by atoms with Gasteiger partial charge in [0.25, 0.3) is 0 Å². The molecule has 2 rings (SSSR count). The monoisotopic (exact) mass is 236 g/mol. The lowest BCUT2D eigenvalue weighted by Gasteiger charge is -2.36. The van der Waals surface area contributed by atoms with Crippen LogP contribution in [0.4, 0.5) is 4.39 Å². The molecule has 0 unspecified atom stereocenters. The van der Waals surface area contributed by atoms with Crippen LogP contribution in [0.3, 0.4) is 0 Å². The van der Waals surface area contributed by atoms with Gasteiger partial charge in [0.1, 0.15) is 5.82 Å². The van der Waals surface area contributed by atoms with Gasteiger partial charge in [0.05, 0.1) is 0 Å². The van der Waals surface area contributed by atoms with Crippen LogP contribution >= 0.6 is 0 Å². The molecular formula is C13H17FN2O. The second kappa shape index (κ2) is 5.27. The van der Waals surface area contributed by atoms with Crippen molar-refractivity contribution in [3.63, 3.8) is 0 Å². The largest absolute Gasteiger partial charge is 0.370 e. The molecule has 1 aliphatic rings. The summed E-state index contributed by atoms with van der Waals surface area (Å²) in [6, 6.07) is 7.31. The predicted molar refractivity (Wildman–Crippen MR) is 64.0 cm³/mol. The van der Waals surface area contributed by atoms with Gasteiger partial charge in [0.15, 0.2) is 0 Å². The molecule has 1 saturated carbocycles. The van der Waals surface area contributed by atoms with Gasteiger partial charge in [-0.05, 0) is 30.4 Å². The highest BCUT2D eigenvalue weighted by Crippen LogP contribution is 2.37. The molecule has 3 nitrogen and oxygen atoms in total. The zero-order valence-corrected chi connectivity index (χ0v) is 9.66. The van der Waals surface area contributed by atoms with E-state index in [1.54, 1.807) is 6.07 Å². The summed E-state index contributed by atoms with van der Waals surface area (Å²) in [4.78, 5) is 10.6. The van der Waals surface area contributed by atoms with Crippen LogP contribution in [-0.4, -0.2) is 18.5 Å². The predicted octanol–water partition coefficient (Wildman–Crippen LogP) is 1.54. The molecule has 3 N–H and O–H groups in total. The molecule has 0 spiro atoms. The average molecular weight is 236 g/mol. The fraction of sp³-hybridized carbons (Fsp3) is 0.462. The summed E-state index contributed by atoms with van der Waals surface area (Å²) in [6.07, 6.45) is 2.22. The SMILES string of the molecule is NC(=O)CCNC1CC(c2ccccc2F)C1. The zero-order chi connectivity index (χ0) is 12.3. The molecule has 0 aromatic heterocycles. The first-order valence-electron chi connectivity index (χ1n) is 5.93. The molecule has 1 amide bonds. The van der Waals surface area contributed by atoms with Gasteiger partial charge >= 0.3 is 0 Å². The summed E-state index contributed by atoms with van der Waals surface area (Å²) in [7, 11) is 0. The standard InChI is InChI=1S/C13H17FN2O/c14-12-4-2-1-3-11(12)9-7-10(8-9)16-6-5-13(15)17/h1-4,9-10,16H,5-8H2,(H2,15,17). The lowest BCUT2D eigenvalue weighted by Crippen LogP contribution is -2.41. The number of hydrogen-bond donors (Lipinski definition) is 2. The Morgan fingerprint density at radius 2 is 2.12 bits per heavy atom.